The van der Waals surface area contributed by atoms with Crippen molar-refractivity contribution in [2.45, 2.75) is 13.0 Å². The van der Waals surface area contributed by atoms with Gasteiger partial charge in [0.25, 0.3) is 0 Å². The predicted molar refractivity (Wildman–Crippen MR) is 69.7 cm³/mol. The molecule has 0 aromatic heterocycles. The maximum absolute atomic E-state index is 9.16. The number of hydrogen-bond acceptors (Lipinski definition) is 2. The Morgan fingerprint density at radius 3 is 1.57 bits per heavy atom. The van der Waals surface area contributed by atoms with Gasteiger partial charge in [0.15, 0.2) is 0 Å². The van der Waals surface area contributed by atoms with Crippen molar-refractivity contribution < 1.29 is 47.7 Å². The molecule has 0 unspecified atom stereocenters. The summed E-state index contributed by atoms with van der Waals surface area (Å²) in [5.74, 6) is 0. The van der Waals surface area contributed by atoms with Crippen LogP contribution in [0, 0.1) is 33.3 Å². The minimum atomic E-state index is 0.0405. The summed E-state index contributed by atoms with van der Waals surface area (Å²) in [6.45, 7) is 24.7. The van der Waals surface area contributed by atoms with Crippen molar-refractivity contribution in [3.05, 3.63) is 69.1 Å². The molecule has 0 radical (unpaired) electrons. The molecule has 0 heterocycles. The first-order valence-electron chi connectivity index (χ1n) is 5.19. The molecule has 23 heavy (non-hydrogen) atoms. The van der Waals surface area contributed by atoms with Crippen LogP contribution in [0.15, 0.2) is 30.3 Å². The molecule has 1 atom stereocenters. The van der Waals surface area contributed by atoms with Crippen LogP contribution in [0.4, 0.5) is 0 Å². The number of aliphatic hydroxyl groups is 1. The molecule has 0 amide bonds. The van der Waals surface area contributed by atoms with Gasteiger partial charge in [0.05, 0.1) is 0 Å². The molecule has 8 heteroatoms. The first-order valence-corrected chi connectivity index (χ1v) is 6.65. The Hall–Kier alpha value is -1.60. The number of benzene rings is 1. The van der Waals surface area contributed by atoms with E-state index in [4.69, 9.17) is 28.4 Å². The van der Waals surface area contributed by atoms with E-state index in [1.165, 1.54) is 23.4 Å². The number of aliphatic hydroxyl groups excluding tert-OH is 1. The Morgan fingerprint density at radius 2 is 1.30 bits per heavy atom. The van der Waals surface area contributed by atoms with Gasteiger partial charge in [-0.3, -0.25) is 0 Å². The predicted octanol–water partition coefficient (Wildman–Crippen LogP) is 0.819. The monoisotopic (exact) mass is 487 g/mol. The second-order valence-electron chi connectivity index (χ2n) is 2.85. The van der Waals surface area contributed by atoms with Crippen molar-refractivity contribution >= 4 is 4.02 Å². The van der Waals surface area contributed by atoms with Gasteiger partial charge in [-0.05, 0) is 0 Å². The maximum atomic E-state index is 9.16. The molecule has 0 aliphatic heterocycles. The van der Waals surface area contributed by atoms with E-state index in [9.17, 15) is 0 Å². The number of rotatable bonds is 4. The molecule has 1 aromatic rings. The molecule has 0 spiro atoms. The van der Waals surface area contributed by atoms with Crippen LogP contribution in [0.3, 0.4) is 0 Å². The van der Waals surface area contributed by atoms with Crippen molar-refractivity contribution in [2.24, 2.45) is 0 Å². The van der Waals surface area contributed by atoms with Gasteiger partial charge in [0, 0.05) is 0 Å². The third kappa shape index (κ3) is 25.7. The summed E-state index contributed by atoms with van der Waals surface area (Å²) in [7, 11) is 0. The second-order valence-corrected chi connectivity index (χ2v) is 5.05. The van der Waals surface area contributed by atoms with Crippen LogP contribution in [-0.4, -0.2) is 15.7 Å². The molecular weight excluding hydrogens is 474 g/mol. The SMILES string of the molecule is C[C](=[W])N[C@H](CO)c1ccccc1.[C-]#[O+].[C-]#[O+].[C-]#[O+].[C-]#[O+].[C-]#[O+]. The summed E-state index contributed by atoms with van der Waals surface area (Å²) >= 11 is 1.41. The number of hydrogen-bond donors (Lipinski definition) is 2. The van der Waals surface area contributed by atoms with E-state index in [2.05, 4.69) is 38.6 Å². The van der Waals surface area contributed by atoms with E-state index in [0.717, 1.165) is 5.56 Å². The van der Waals surface area contributed by atoms with Gasteiger partial charge in [-0.2, -0.15) is 0 Å². The van der Waals surface area contributed by atoms with Crippen molar-refractivity contribution in [2.75, 3.05) is 6.61 Å². The summed E-state index contributed by atoms with van der Waals surface area (Å²) < 4.78 is 38.7. The molecule has 1 aromatic carbocycles. The van der Waals surface area contributed by atoms with Crippen LogP contribution >= 0.6 is 0 Å². The molecule has 0 saturated heterocycles. The quantitative estimate of drug-likeness (QED) is 0.481. The van der Waals surface area contributed by atoms with Crippen LogP contribution in [0.2, 0.25) is 0 Å². The molecule has 7 nitrogen and oxygen atoms in total. The van der Waals surface area contributed by atoms with Gasteiger partial charge in [0.1, 0.15) is 0 Å². The fourth-order valence-corrected chi connectivity index (χ4v) is 1.68. The van der Waals surface area contributed by atoms with Crippen LogP contribution in [0.1, 0.15) is 18.5 Å². The molecule has 0 saturated carbocycles. The van der Waals surface area contributed by atoms with Gasteiger partial charge in [-0.1, -0.05) is 0 Å². The molecule has 2 N–H and O–H groups in total. The van der Waals surface area contributed by atoms with E-state index in [1.807, 2.05) is 37.3 Å². The van der Waals surface area contributed by atoms with Crippen molar-refractivity contribution in [1.82, 2.24) is 5.32 Å². The Morgan fingerprint density at radius 1 is 0.957 bits per heavy atom. The van der Waals surface area contributed by atoms with Gasteiger partial charge in [0.2, 0.25) is 0 Å². The van der Waals surface area contributed by atoms with Crippen molar-refractivity contribution in [3.63, 3.8) is 0 Å². The summed E-state index contributed by atoms with van der Waals surface area (Å²) in [4.78, 5) is 0. The van der Waals surface area contributed by atoms with Gasteiger partial charge < -0.3 is 0 Å². The zero-order valence-electron chi connectivity index (χ0n) is 12.1. The summed E-state index contributed by atoms with van der Waals surface area (Å²) in [6, 6.07) is 10.0. The molecule has 0 aliphatic rings. The van der Waals surface area contributed by atoms with Crippen LogP contribution in [0.5, 0.6) is 0 Å². The third-order valence-electron chi connectivity index (χ3n) is 1.76. The van der Waals surface area contributed by atoms with Crippen LogP contribution < -0.4 is 5.32 Å². The second kappa shape index (κ2) is 37.0. The van der Waals surface area contributed by atoms with E-state index in [-0.39, 0.29) is 12.6 Å². The Labute approximate surface area is 146 Å². The fraction of sp³-hybridized carbons (Fsp3) is 0.200. The minimum absolute atomic E-state index is 0.0405. The van der Waals surface area contributed by atoms with Gasteiger partial charge in [-0.15, -0.1) is 0 Å². The van der Waals surface area contributed by atoms with Crippen molar-refractivity contribution in [1.29, 1.82) is 0 Å². The first-order chi connectivity index (χ1) is 11.2. The van der Waals surface area contributed by atoms with Crippen molar-refractivity contribution in [3.8, 4) is 0 Å². The molecule has 1 rings (SSSR count). The molecule has 120 valence electrons. The summed E-state index contributed by atoms with van der Waals surface area (Å²) in [5.41, 5.74) is 1.13. The molecule has 0 fully saturated rings. The van der Waals surface area contributed by atoms with Crippen LogP contribution in [0.25, 0.3) is 0 Å². The van der Waals surface area contributed by atoms with E-state index >= 15 is 0 Å². The van der Waals surface area contributed by atoms with E-state index in [1.54, 1.807) is 0 Å². The average Bonchev–Trinajstić information content (AvgIpc) is 2.68. The third-order valence-corrected chi connectivity index (χ3v) is 2.19. The zero-order chi connectivity index (χ0) is 19.7. The van der Waals surface area contributed by atoms with Gasteiger partial charge in [-0.25, -0.2) is 0 Å². The Balaban J connectivity index is -0.0000000923. The zero-order valence-corrected chi connectivity index (χ0v) is 15.0. The van der Waals surface area contributed by atoms with Gasteiger partial charge >= 0.3 is 146 Å². The Kier molecular flexibility index (Phi) is 53.3. The molecular formula is C15H13NO6W. The summed E-state index contributed by atoms with van der Waals surface area (Å²) in [5, 5.41) is 12.4. The number of nitrogens with one attached hydrogen (secondary N) is 1. The molecule has 0 bridgehead atoms. The van der Waals surface area contributed by atoms with E-state index < -0.39 is 0 Å². The Bertz CT molecular complexity index is 430. The first kappa shape index (κ1) is 33.1. The molecule has 0 aliphatic carbocycles. The van der Waals surface area contributed by atoms with E-state index in [0.29, 0.717) is 0 Å². The summed E-state index contributed by atoms with van der Waals surface area (Å²) in [6.07, 6.45) is 0. The fourth-order valence-electron chi connectivity index (χ4n) is 1.17. The normalized spacial score (nSPS) is 7.48. The van der Waals surface area contributed by atoms with Crippen LogP contribution in [-0.2, 0) is 42.6 Å². The standard InChI is InChI=1S/C10H13NO.5CO.W/c1-2-11-10(8-12)9-6-4-3-5-7-9;5*1-2;/h3-7,10-12H,8H2,1H3;;;;;;/t10-;;;;;;/m1....../s1. The topological polar surface area (TPSA) is 132 Å². The average molecular weight is 487 g/mol.